The van der Waals surface area contributed by atoms with E-state index in [1.807, 2.05) is 13.8 Å². The molecule has 0 spiro atoms. The fraction of sp³-hybridized carbons (Fsp3) is 0.667. The molecule has 0 aliphatic carbocycles. The van der Waals surface area contributed by atoms with Gasteiger partial charge in [-0.2, -0.15) is 0 Å². The highest BCUT2D eigenvalue weighted by molar-refractivity contribution is 5.91. The van der Waals surface area contributed by atoms with Crippen molar-refractivity contribution < 1.29 is 14.6 Å². The van der Waals surface area contributed by atoms with Gasteiger partial charge in [0.2, 0.25) is 0 Å². The predicted molar refractivity (Wildman–Crippen MR) is 44.7 cm³/mol. The molecule has 0 radical (unpaired) electrons. The second kappa shape index (κ2) is 3.17. The molecule has 0 aromatic rings. The molecule has 68 valence electrons. The molecular weight excluding hydrogens is 156 g/mol. The van der Waals surface area contributed by atoms with E-state index in [0.717, 1.165) is 0 Å². The summed E-state index contributed by atoms with van der Waals surface area (Å²) in [5, 5.41) is 9.41. The molecule has 0 amide bonds. The fourth-order valence-corrected chi connectivity index (χ4v) is 1.23. The van der Waals surface area contributed by atoms with Crippen LogP contribution in [0, 0.1) is 5.92 Å². The van der Waals surface area contributed by atoms with Crippen molar-refractivity contribution in [3.63, 3.8) is 0 Å². The third kappa shape index (κ3) is 1.60. The Morgan fingerprint density at radius 2 is 2.17 bits per heavy atom. The normalized spacial score (nSPS) is 23.7. The molecule has 0 aromatic carbocycles. The van der Waals surface area contributed by atoms with Crippen LogP contribution >= 0.6 is 0 Å². The minimum atomic E-state index is -0.453. The highest BCUT2D eigenvalue weighted by Gasteiger charge is 2.30. The molecule has 1 N–H and O–H groups in total. The highest BCUT2D eigenvalue weighted by Crippen LogP contribution is 2.25. The van der Waals surface area contributed by atoms with Crippen molar-refractivity contribution in [2.24, 2.45) is 5.92 Å². The average Bonchev–Trinajstić information content (AvgIpc) is 2.16. The second-order valence-corrected chi connectivity index (χ2v) is 3.51. The summed E-state index contributed by atoms with van der Waals surface area (Å²) in [5.74, 6) is 0.0994. The standard InChI is InChI=1S/C9H14O3/c1-5(2)4-7-8(10)6(3)12-9(7)11/h5-6,10H,4H2,1-3H3. The monoisotopic (exact) mass is 170 g/mol. The van der Waals surface area contributed by atoms with Gasteiger partial charge in [0.15, 0.2) is 6.10 Å². The Labute approximate surface area is 72.0 Å². The van der Waals surface area contributed by atoms with Gasteiger partial charge in [-0.3, -0.25) is 0 Å². The summed E-state index contributed by atoms with van der Waals surface area (Å²) in [7, 11) is 0. The van der Waals surface area contributed by atoms with Gasteiger partial charge < -0.3 is 9.84 Å². The first-order valence-corrected chi connectivity index (χ1v) is 4.15. The third-order valence-electron chi connectivity index (χ3n) is 1.84. The first kappa shape index (κ1) is 9.10. The molecule has 0 bridgehead atoms. The molecule has 1 unspecified atom stereocenters. The first-order chi connectivity index (χ1) is 5.52. The number of aliphatic hydroxyl groups is 1. The van der Waals surface area contributed by atoms with Crippen LogP contribution < -0.4 is 0 Å². The molecule has 1 aliphatic heterocycles. The Kier molecular flexibility index (Phi) is 2.40. The lowest BCUT2D eigenvalue weighted by Gasteiger charge is -2.02. The zero-order valence-electron chi connectivity index (χ0n) is 7.63. The number of esters is 1. The van der Waals surface area contributed by atoms with Gasteiger partial charge in [-0.15, -0.1) is 0 Å². The van der Waals surface area contributed by atoms with Crippen molar-refractivity contribution in [3.05, 3.63) is 11.3 Å². The second-order valence-electron chi connectivity index (χ2n) is 3.51. The molecule has 0 fully saturated rings. The number of cyclic esters (lactones) is 1. The lowest BCUT2D eigenvalue weighted by atomic mass is 10.0. The van der Waals surface area contributed by atoms with E-state index in [-0.39, 0.29) is 11.7 Å². The van der Waals surface area contributed by atoms with Crippen LogP contribution in [0.3, 0.4) is 0 Å². The Balaban J connectivity index is 2.78. The van der Waals surface area contributed by atoms with Gasteiger partial charge in [-0.05, 0) is 19.3 Å². The molecular formula is C9H14O3. The van der Waals surface area contributed by atoms with Crippen LogP contribution in [-0.4, -0.2) is 17.2 Å². The maximum atomic E-state index is 11.1. The van der Waals surface area contributed by atoms with Crippen LogP contribution in [0.4, 0.5) is 0 Å². The van der Waals surface area contributed by atoms with E-state index in [9.17, 15) is 9.90 Å². The van der Waals surface area contributed by atoms with Crippen LogP contribution in [0.15, 0.2) is 11.3 Å². The van der Waals surface area contributed by atoms with E-state index in [0.29, 0.717) is 17.9 Å². The quantitative estimate of drug-likeness (QED) is 0.642. The Bertz CT molecular complexity index is 228. The molecule has 0 saturated carbocycles. The van der Waals surface area contributed by atoms with E-state index in [4.69, 9.17) is 4.74 Å². The van der Waals surface area contributed by atoms with Crippen LogP contribution in [0.1, 0.15) is 27.2 Å². The van der Waals surface area contributed by atoms with Crippen LogP contribution in [0.2, 0.25) is 0 Å². The minimum Gasteiger partial charge on any atom is -0.508 e. The molecule has 3 heteroatoms. The van der Waals surface area contributed by atoms with Crippen molar-refractivity contribution in [1.29, 1.82) is 0 Å². The number of hydrogen-bond acceptors (Lipinski definition) is 3. The topological polar surface area (TPSA) is 46.5 Å². The largest absolute Gasteiger partial charge is 0.508 e. The minimum absolute atomic E-state index is 0.105. The molecule has 0 saturated heterocycles. The molecule has 1 rings (SSSR count). The van der Waals surface area contributed by atoms with Crippen molar-refractivity contribution in [1.82, 2.24) is 0 Å². The molecule has 1 atom stereocenters. The van der Waals surface area contributed by atoms with E-state index >= 15 is 0 Å². The van der Waals surface area contributed by atoms with Gasteiger partial charge in [0.05, 0.1) is 5.57 Å². The summed E-state index contributed by atoms with van der Waals surface area (Å²) in [6, 6.07) is 0. The van der Waals surface area contributed by atoms with Gasteiger partial charge in [0, 0.05) is 0 Å². The summed E-state index contributed by atoms with van der Waals surface area (Å²) in [4.78, 5) is 11.1. The van der Waals surface area contributed by atoms with Crippen LogP contribution in [0.25, 0.3) is 0 Å². The predicted octanol–water partition coefficient (Wildman–Crippen LogP) is 1.79. The van der Waals surface area contributed by atoms with Gasteiger partial charge in [0.1, 0.15) is 5.76 Å². The van der Waals surface area contributed by atoms with Crippen molar-refractivity contribution in [2.45, 2.75) is 33.3 Å². The molecule has 1 heterocycles. The van der Waals surface area contributed by atoms with E-state index in [2.05, 4.69) is 0 Å². The Morgan fingerprint density at radius 3 is 2.50 bits per heavy atom. The first-order valence-electron chi connectivity index (χ1n) is 4.15. The molecule has 0 aromatic heterocycles. The molecule has 1 aliphatic rings. The van der Waals surface area contributed by atoms with Crippen LogP contribution in [0.5, 0.6) is 0 Å². The summed E-state index contributed by atoms with van der Waals surface area (Å²) in [6.07, 6.45) is 0.140. The number of aliphatic hydroxyl groups excluding tert-OH is 1. The number of ether oxygens (including phenoxy) is 1. The lowest BCUT2D eigenvalue weighted by Crippen LogP contribution is -2.05. The SMILES string of the molecule is CC(C)CC1=C(O)C(C)OC1=O. The van der Waals surface area contributed by atoms with Gasteiger partial charge in [-0.1, -0.05) is 13.8 Å². The maximum Gasteiger partial charge on any atom is 0.338 e. The number of rotatable bonds is 2. The van der Waals surface area contributed by atoms with Gasteiger partial charge in [-0.25, -0.2) is 4.79 Å². The van der Waals surface area contributed by atoms with E-state index in [1.165, 1.54) is 0 Å². The smallest absolute Gasteiger partial charge is 0.338 e. The third-order valence-corrected chi connectivity index (χ3v) is 1.84. The molecule has 12 heavy (non-hydrogen) atoms. The van der Waals surface area contributed by atoms with Crippen molar-refractivity contribution in [2.75, 3.05) is 0 Å². The van der Waals surface area contributed by atoms with Gasteiger partial charge in [0.25, 0.3) is 0 Å². The Morgan fingerprint density at radius 1 is 1.58 bits per heavy atom. The van der Waals surface area contributed by atoms with E-state index < -0.39 is 6.10 Å². The fourth-order valence-electron chi connectivity index (χ4n) is 1.23. The lowest BCUT2D eigenvalue weighted by molar-refractivity contribution is -0.139. The summed E-state index contributed by atoms with van der Waals surface area (Å²) >= 11 is 0. The van der Waals surface area contributed by atoms with Crippen LogP contribution in [-0.2, 0) is 9.53 Å². The zero-order chi connectivity index (χ0) is 9.30. The Hall–Kier alpha value is -0.990. The molecule has 3 nitrogen and oxygen atoms in total. The average molecular weight is 170 g/mol. The van der Waals surface area contributed by atoms with Crippen molar-refractivity contribution in [3.8, 4) is 0 Å². The zero-order valence-corrected chi connectivity index (χ0v) is 7.63. The number of hydrogen-bond donors (Lipinski definition) is 1. The van der Waals surface area contributed by atoms with Gasteiger partial charge >= 0.3 is 5.97 Å². The summed E-state index contributed by atoms with van der Waals surface area (Å²) in [5.41, 5.74) is 0.442. The van der Waals surface area contributed by atoms with E-state index in [1.54, 1.807) is 6.92 Å². The summed E-state index contributed by atoms with van der Waals surface area (Å²) < 4.78 is 4.82. The maximum absolute atomic E-state index is 11.1. The van der Waals surface area contributed by atoms with Crippen molar-refractivity contribution >= 4 is 5.97 Å². The highest BCUT2D eigenvalue weighted by atomic mass is 16.6. The number of carbonyl (C=O) groups excluding carboxylic acids is 1. The summed E-state index contributed by atoms with van der Waals surface area (Å²) in [6.45, 7) is 5.66. The number of carbonyl (C=O) groups is 1.